The lowest BCUT2D eigenvalue weighted by Crippen LogP contribution is -2.29. The van der Waals surface area contributed by atoms with E-state index >= 15 is 0 Å². The van der Waals surface area contributed by atoms with Crippen molar-refractivity contribution in [3.8, 4) is 0 Å². The van der Waals surface area contributed by atoms with Crippen LogP contribution in [0.15, 0.2) is 0 Å². The van der Waals surface area contributed by atoms with Gasteiger partial charge < -0.3 is 15.2 Å². The van der Waals surface area contributed by atoms with Gasteiger partial charge >= 0.3 is 6.18 Å². The smallest absolute Gasteiger partial charge is 0.382 e. The van der Waals surface area contributed by atoms with Crippen LogP contribution in [-0.2, 0) is 9.47 Å². The zero-order valence-electron chi connectivity index (χ0n) is 8.14. The van der Waals surface area contributed by atoms with Crippen molar-refractivity contribution in [1.29, 1.82) is 0 Å². The average molecular weight is 215 g/mol. The van der Waals surface area contributed by atoms with E-state index in [4.69, 9.17) is 15.2 Å². The first-order valence-corrected chi connectivity index (χ1v) is 4.37. The first-order valence-electron chi connectivity index (χ1n) is 4.37. The van der Waals surface area contributed by atoms with Crippen molar-refractivity contribution in [2.24, 2.45) is 5.73 Å². The van der Waals surface area contributed by atoms with Gasteiger partial charge in [-0.3, -0.25) is 0 Å². The van der Waals surface area contributed by atoms with E-state index in [1.807, 2.05) is 0 Å². The molecule has 1 unspecified atom stereocenters. The minimum atomic E-state index is -4.11. The number of alkyl halides is 3. The van der Waals surface area contributed by atoms with E-state index in [9.17, 15) is 13.2 Å². The van der Waals surface area contributed by atoms with Crippen LogP contribution in [0.4, 0.5) is 13.2 Å². The first-order chi connectivity index (χ1) is 6.49. The minimum absolute atomic E-state index is 0.0380. The highest BCUT2D eigenvalue weighted by atomic mass is 19.4. The molecule has 0 saturated carbocycles. The average Bonchev–Trinajstić information content (AvgIpc) is 2.08. The molecule has 0 aliphatic rings. The second-order valence-electron chi connectivity index (χ2n) is 2.90. The Labute approximate surface area is 81.4 Å². The highest BCUT2D eigenvalue weighted by Gasteiger charge is 2.26. The van der Waals surface area contributed by atoms with Crippen LogP contribution < -0.4 is 5.73 Å². The molecule has 0 bridgehead atoms. The molecule has 2 N–H and O–H groups in total. The van der Waals surface area contributed by atoms with Crippen molar-refractivity contribution in [1.82, 2.24) is 0 Å². The molecule has 3 nitrogen and oxygen atoms in total. The summed E-state index contributed by atoms with van der Waals surface area (Å²) in [6.45, 7) is 0.618. The fourth-order valence-electron chi connectivity index (χ4n) is 0.893. The number of halogens is 3. The van der Waals surface area contributed by atoms with Gasteiger partial charge in [-0.2, -0.15) is 13.2 Å². The molecule has 14 heavy (non-hydrogen) atoms. The highest BCUT2D eigenvalue weighted by molar-refractivity contribution is 4.57. The molecule has 6 heteroatoms. The number of hydrogen-bond donors (Lipinski definition) is 1. The molecule has 86 valence electrons. The molecule has 0 aliphatic heterocycles. The highest BCUT2D eigenvalue weighted by Crippen LogP contribution is 2.21. The van der Waals surface area contributed by atoms with Gasteiger partial charge in [-0.25, -0.2) is 0 Å². The molecular formula is C8H16F3NO2. The lowest BCUT2D eigenvalue weighted by atomic mass is 10.3. The van der Waals surface area contributed by atoms with Crippen molar-refractivity contribution in [3.05, 3.63) is 0 Å². The Balaban J connectivity index is 3.42. The lowest BCUT2D eigenvalue weighted by molar-refractivity contribution is -0.139. The van der Waals surface area contributed by atoms with Crippen LogP contribution in [0.25, 0.3) is 0 Å². The maximum Gasteiger partial charge on any atom is 0.389 e. The molecule has 0 saturated heterocycles. The van der Waals surface area contributed by atoms with E-state index in [1.165, 1.54) is 7.11 Å². The van der Waals surface area contributed by atoms with Gasteiger partial charge in [-0.05, 0) is 6.42 Å². The summed E-state index contributed by atoms with van der Waals surface area (Å²) in [5, 5.41) is 0. The van der Waals surface area contributed by atoms with Crippen molar-refractivity contribution < 1.29 is 22.6 Å². The van der Waals surface area contributed by atoms with Crippen molar-refractivity contribution in [3.63, 3.8) is 0 Å². The quantitative estimate of drug-likeness (QED) is 0.651. The summed E-state index contributed by atoms with van der Waals surface area (Å²) >= 11 is 0. The lowest BCUT2D eigenvalue weighted by Gasteiger charge is -2.15. The Morgan fingerprint density at radius 3 is 2.43 bits per heavy atom. The van der Waals surface area contributed by atoms with Crippen molar-refractivity contribution >= 4 is 0 Å². The Kier molecular flexibility index (Phi) is 6.86. The summed E-state index contributed by atoms with van der Waals surface area (Å²) < 4.78 is 45.0. The molecule has 0 aliphatic carbocycles. The molecular weight excluding hydrogens is 199 g/mol. The van der Waals surface area contributed by atoms with Crippen LogP contribution >= 0.6 is 0 Å². The minimum Gasteiger partial charge on any atom is -0.382 e. The Morgan fingerprint density at radius 1 is 1.36 bits per heavy atom. The van der Waals surface area contributed by atoms with E-state index in [1.54, 1.807) is 0 Å². The third-order valence-corrected chi connectivity index (χ3v) is 1.57. The standard InChI is InChI=1S/C8H16F3NO2/c1-13-6-7(5-12)14-4-2-3-8(9,10)11/h7H,2-6,12H2,1H3. The molecule has 1 atom stereocenters. The normalized spacial score (nSPS) is 14.4. The topological polar surface area (TPSA) is 44.5 Å². The van der Waals surface area contributed by atoms with Gasteiger partial charge in [0, 0.05) is 26.7 Å². The van der Waals surface area contributed by atoms with Gasteiger partial charge in [0.05, 0.1) is 12.7 Å². The van der Waals surface area contributed by atoms with Crippen LogP contribution in [0.1, 0.15) is 12.8 Å². The van der Waals surface area contributed by atoms with Gasteiger partial charge in [0.25, 0.3) is 0 Å². The zero-order chi connectivity index (χ0) is 11.0. The third kappa shape index (κ3) is 8.28. The maximum absolute atomic E-state index is 11.7. The van der Waals surface area contributed by atoms with Crippen LogP contribution in [0.5, 0.6) is 0 Å². The monoisotopic (exact) mass is 215 g/mol. The van der Waals surface area contributed by atoms with Gasteiger partial charge in [-0.15, -0.1) is 0 Å². The molecule has 0 aromatic heterocycles. The van der Waals surface area contributed by atoms with Gasteiger partial charge in [0.1, 0.15) is 0 Å². The molecule has 0 spiro atoms. The predicted octanol–water partition coefficient (Wildman–Crippen LogP) is 1.32. The van der Waals surface area contributed by atoms with Gasteiger partial charge in [0.15, 0.2) is 0 Å². The molecule has 0 aromatic rings. The summed E-state index contributed by atoms with van der Waals surface area (Å²) in [6, 6.07) is 0. The predicted molar refractivity (Wildman–Crippen MR) is 46.0 cm³/mol. The Morgan fingerprint density at radius 2 is 2.00 bits per heavy atom. The second-order valence-corrected chi connectivity index (χ2v) is 2.90. The van der Waals surface area contributed by atoms with Crippen LogP contribution in [0.2, 0.25) is 0 Å². The number of hydrogen-bond acceptors (Lipinski definition) is 3. The molecule has 0 fully saturated rings. The number of nitrogens with two attached hydrogens (primary N) is 1. The van der Waals surface area contributed by atoms with Crippen LogP contribution in [0, 0.1) is 0 Å². The maximum atomic E-state index is 11.7. The van der Waals surface area contributed by atoms with Crippen molar-refractivity contribution in [2.45, 2.75) is 25.1 Å². The molecule has 0 rings (SSSR count). The summed E-state index contributed by atoms with van der Waals surface area (Å²) in [5.74, 6) is 0. The number of methoxy groups -OCH3 is 1. The molecule has 0 amide bonds. The largest absolute Gasteiger partial charge is 0.389 e. The fraction of sp³-hybridized carbons (Fsp3) is 1.00. The summed E-state index contributed by atoms with van der Waals surface area (Å²) in [6.07, 6.45) is -5.28. The number of ether oxygens (including phenoxy) is 2. The summed E-state index contributed by atoms with van der Waals surface area (Å²) in [5.41, 5.74) is 5.30. The number of rotatable bonds is 7. The van der Waals surface area contributed by atoms with E-state index in [0.29, 0.717) is 6.61 Å². The zero-order valence-corrected chi connectivity index (χ0v) is 8.14. The van der Waals surface area contributed by atoms with E-state index in [0.717, 1.165) is 0 Å². The summed E-state index contributed by atoms with van der Waals surface area (Å²) in [4.78, 5) is 0. The SMILES string of the molecule is COCC(CN)OCCCC(F)(F)F. The molecule has 0 radical (unpaired) electrons. The second kappa shape index (κ2) is 7.03. The van der Waals surface area contributed by atoms with E-state index in [2.05, 4.69) is 0 Å². The third-order valence-electron chi connectivity index (χ3n) is 1.57. The molecule has 0 heterocycles. The Bertz CT molecular complexity index is 141. The van der Waals surface area contributed by atoms with Gasteiger partial charge in [-0.1, -0.05) is 0 Å². The Hall–Kier alpha value is -0.330. The van der Waals surface area contributed by atoms with Crippen LogP contribution in [-0.4, -0.2) is 39.1 Å². The van der Waals surface area contributed by atoms with E-state index < -0.39 is 12.6 Å². The fourth-order valence-corrected chi connectivity index (χ4v) is 0.893. The summed E-state index contributed by atoms with van der Waals surface area (Å²) in [7, 11) is 1.49. The van der Waals surface area contributed by atoms with Crippen molar-refractivity contribution in [2.75, 3.05) is 26.9 Å². The van der Waals surface area contributed by atoms with Gasteiger partial charge in [0.2, 0.25) is 0 Å². The molecule has 0 aromatic carbocycles. The van der Waals surface area contributed by atoms with E-state index in [-0.39, 0.29) is 25.7 Å². The van der Waals surface area contributed by atoms with Crippen LogP contribution in [0.3, 0.4) is 0 Å². The first kappa shape index (κ1) is 13.7.